The molecule has 4 aliphatic heterocycles. The number of carbonyl (C=O) groups is 3. The molecule has 0 aromatic rings. The Bertz CT molecular complexity index is 1490. The molecule has 0 aliphatic carbocycles. The highest BCUT2D eigenvalue weighted by molar-refractivity contribution is 5.72. The Hall–Kier alpha value is -2.39. The molecule has 0 unspecified atom stereocenters. The SMILES string of the molecule is CCC(=O)O[C@@H]1CC(=O)O[C@H](C)C/C=C/C=C/[C@H](O[C@@H]2CC[C@H](N(C)C)[C@@H](C)O2)[C@H](C)C[C@H](CC=O)[C@H](O[C@@H]2O[C@H](C)[C@@H](O[C@H]3C[C@@](C)(O)[C@@H](O)[C@H](C)O3)[C@H](N(C)C)[C@H]2O)[C@H]1OC. The largest absolute Gasteiger partial charge is 0.462 e. The topological polar surface area (TPSA) is 201 Å². The average Bonchev–Trinajstić information content (AvgIpc) is 3.19. The van der Waals surface area contributed by atoms with Crippen LogP contribution in [0.3, 0.4) is 0 Å². The molecule has 4 heterocycles. The molecule has 17 heteroatoms. The standard InChI is InChI=1S/C46H78N2O15/c1-13-35(50)60-34-24-36(51)56-27(3)17-15-14-16-18-33(61-37-20-19-32(47(8)9)28(4)57-37)26(2)23-31(21-22-49)42(43(34)55-12)63-45-40(52)39(48(10)11)41(29(5)59-45)62-38-25-46(7,54)44(53)30(6)58-38/h14-16,18,22,26-34,37-45,52-54H,13,17,19-21,23-25H2,1-12H3/b15-14+,18-16+/t26-,27-,28-,29-,30+,31+,32+,33+,34-,37-,38+,39-,40-,41-,42+,43+,44+,45+,46-/m1/s1. The highest BCUT2D eigenvalue weighted by atomic mass is 16.7. The number of allylic oxidation sites excluding steroid dienone is 2. The summed E-state index contributed by atoms with van der Waals surface area (Å²) in [6, 6.07) is -0.510. The minimum absolute atomic E-state index is 0.0117. The molecule has 0 saturated carbocycles. The molecule has 0 radical (unpaired) electrons. The summed E-state index contributed by atoms with van der Waals surface area (Å²) >= 11 is 0. The molecule has 4 rings (SSSR count). The van der Waals surface area contributed by atoms with E-state index in [1.54, 1.807) is 46.7 Å². The summed E-state index contributed by atoms with van der Waals surface area (Å²) in [5.41, 5.74) is -1.49. The Balaban J connectivity index is 1.74. The van der Waals surface area contributed by atoms with Crippen molar-refractivity contribution in [3.05, 3.63) is 24.3 Å². The van der Waals surface area contributed by atoms with Crippen LogP contribution < -0.4 is 0 Å². The number of nitrogens with zero attached hydrogens (tertiary/aromatic N) is 2. The lowest BCUT2D eigenvalue weighted by molar-refractivity contribution is -0.344. The lowest BCUT2D eigenvalue weighted by Gasteiger charge is -2.50. The van der Waals surface area contributed by atoms with Crippen LogP contribution >= 0.6 is 0 Å². The van der Waals surface area contributed by atoms with Crippen molar-refractivity contribution in [3.8, 4) is 0 Å². The first-order valence-corrected chi connectivity index (χ1v) is 22.7. The fourth-order valence-corrected chi connectivity index (χ4v) is 9.44. The van der Waals surface area contributed by atoms with Crippen LogP contribution in [0.25, 0.3) is 0 Å². The minimum atomic E-state index is -1.49. The van der Waals surface area contributed by atoms with E-state index in [4.69, 9.17) is 42.6 Å². The van der Waals surface area contributed by atoms with Gasteiger partial charge in [-0.2, -0.15) is 0 Å². The number of ether oxygens (including phenoxy) is 9. The maximum Gasteiger partial charge on any atom is 0.309 e. The summed E-state index contributed by atoms with van der Waals surface area (Å²) in [7, 11) is 9.04. The van der Waals surface area contributed by atoms with Gasteiger partial charge >= 0.3 is 11.9 Å². The van der Waals surface area contributed by atoms with E-state index in [9.17, 15) is 29.7 Å². The number of aliphatic hydroxyl groups is 3. The van der Waals surface area contributed by atoms with E-state index < -0.39 is 109 Å². The van der Waals surface area contributed by atoms with Crippen molar-refractivity contribution in [2.75, 3.05) is 35.3 Å². The van der Waals surface area contributed by atoms with E-state index in [-0.39, 0.29) is 43.7 Å². The molecule has 362 valence electrons. The van der Waals surface area contributed by atoms with Gasteiger partial charge in [0.05, 0.1) is 48.6 Å². The lowest BCUT2D eigenvalue weighted by Crippen LogP contribution is -2.65. The summed E-state index contributed by atoms with van der Waals surface area (Å²) in [4.78, 5) is 43.2. The second-order valence-electron chi connectivity index (χ2n) is 18.6. The quantitative estimate of drug-likeness (QED) is 0.180. The zero-order valence-corrected chi connectivity index (χ0v) is 39.6. The fourth-order valence-electron chi connectivity index (χ4n) is 9.44. The van der Waals surface area contributed by atoms with Crippen molar-refractivity contribution in [2.45, 2.75) is 204 Å². The number of rotatable bonds is 13. The monoisotopic (exact) mass is 899 g/mol. The van der Waals surface area contributed by atoms with Crippen LogP contribution in [0.2, 0.25) is 0 Å². The fraction of sp³-hybridized carbons (Fsp3) is 0.848. The van der Waals surface area contributed by atoms with Crippen LogP contribution in [-0.4, -0.2) is 182 Å². The third-order valence-electron chi connectivity index (χ3n) is 12.9. The summed E-state index contributed by atoms with van der Waals surface area (Å²) in [6.45, 7) is 12.4. The van der Waals surface area contributed by atoms with Gasteiger partial charge in [-0.15, -0.1) is 0 Å². The molecule has 0 amide bonds. The Morgan fingerprint density at radius 2 is 1.60 bits per heavy atom. The molecule has 3 saturated heterocycles. The third-order valence-corrected chi connectivity index (χ3v) is 12.9. The maximum atomic E-state index is 13.5. The van der Waals surface area contributed by atoms with E-state index in [0.717, 1.165) is 12.7 Å². The molecule has 63 heavy (non-hydrogen) atoms. The van der Waals surface area contributed by atoms with Gasteiger partial charge in [0.25, 0.3) is 0 Å². The molecule has 0 aromatic heterocycles. The molecular formula is C46H78N2O15. The van der Waals surface area contributed by atoms with Gasteiger partial charge in [0.1, 0.15) is 42.9 Å². The molecular weight excluding hydrogens is 821 g/mol. The highest BCUT2D eigenvalue weighted by Gasteiger charge is 2.52. The first-order chi connectivity index (χ1) is 29.7. The number of carbonyl (C=O) groups excluding carboxylic acids is 3. The van der Waals surface area contributed by atoms with Crippen LogP contribution in [0.15, 0.2) is 24.3 Å². The Kier molecular flexibility index (Phi) is 20.6. The van der Waals surface area contributed by atoms with Crippen molar-refractivity contribution in [2.24, 2.45) is 11.8 Å². The van der Waals surface area contributed by atoms with E-state index in [1.165, 1.54) is 14.0 Å². The number of hydrogen-bond acceptors (Lipinski definition) is 17. The number of methoxy groups -OCH3 is 1. The van der Waals surface area contributed by atoms with Crippen LogP contribution in [-0.2, 0) is 57.0 Å². The van der Waals surface area contributed by atoms with Crippen molar-refractivity contribution in [3.63, 3.8) is 0 Å². The highest BCUT2D eigenvalue weighted by Crippen LogP contribution is 2.38. The summed E-state index contributed by atoms with van der Waals surface area (Å²) in [5.74, 6) is -2.12. The molecule has 17 nitrogen and oxygen atoms in total. The summed E-state index contributed by atoms with van der Waals surface area (Å²) in [5, 5.41) is 33.7. The van der Waals surface area contributed by atoms with Crippen LogP contribution in [0.4, 0.5) is 0 Å². The molecule has 3 N–H and O–H groups in total. The second-order valence-corrected chi connectivity index (χ2v) is 18.6. The van der Waals surface area contributed by atoms with Gasteiger partial charge in [-0.1, -0.05) is 38.2 Å². The molecule has 3 fully saturated rings. The van der Waals surface area contributed by atoms with E-state index in [0.29, 0.717) is 19.3 Å². The van der Waals surface area contributed by atoms with Gasteiger partial charge in [0.15, 0.2) is 18.9 Å². The van der Waals surface area contributed by atoms with E-state index >= 15 is 0 Å². The summed E-state index contributed by atoms with van der Waals surface area (Å²) in [6.07, 6.45) is -1.76. The van der Waals surface area contributed by atoms with E-state index in [2.05, 4.69) is 4.90 Å². The predicted molar refractivity (Wildman–Crippen MR) is 231 cm³/mol. The molecule has 0 aromatic carbocycles. The van der Waals surface area contributed by atoms with Gasteiger partial charge < -0.3 is 72.5 Å². The van der Waals surface area contributed by atoms with Gasteiger partial charge in [0.2, 0.25) is 0 Å². The number of cyclic esters (lactones) is 1. The summed E-state index contributed by atoms with van der Waals surface area (Å²) < 4.78 is 56.7. The smallest absolute Gasteiger partial charge is 0.309 e. The maximum absolute atomic E-state index is 13.5. The van der Waals surface area contributed by atoms with Gasteiger partial charge in [-0.25, -0.2) is 0 Å². The molecule has 0 spiro atoms. The molecule has 4 aliphatic rings. The van der Waals surface area contributed by atoms with Gasteiger partial charge in [-0.3, -0.25) is 9.59 Å². The number of esters is 2. The van der Waals surface area contributed by atoms with Crippen LogP contribution in [0.1, 0.15) is 99.8 Å². The zero-order chi connectivity index (χ0) is 46.8. The lowest BCUT2D eigenvalue weighted by atomic mass is 9.82. The van der Waals surface area contributed by atoms with E-state index in [1.807, 2.05) is 52.2 Å². The average molecular weight is 899 g/mol. The van der Waals surface area contributed by atoms with Crippen molar-refractivity contribution >= 4 is 18.2 Å². The normalized spacial score (nSPS) is 43.5. The van der Waals surface area contributed by atoms with Crippen molar-refractivity contribution in [1.29, 1.82) is 0 Å². The number of aliphatic hydroxyl groups excluding tert-OH is 2. The predicted octanol–water partition coefficient (Wildman–Crippen LogP) is 3.29. The Labute approximate surface area is 374 Å². The molecule has 0 bridgehead atoms. The van der Waals surface area contributed by atoms with Gasteiger partial charge in [0, 0.05) is 38.8 Å². The van der Waals surface area contributed by atoms with Crippen molar-refractivity contribution in [1.82, 2.24) is 9.80 Å². The Morgan fingerprint density at radius 1 is 0.905 bits per heavy atom. The second kappa shape index (κ2) is 24.4. The number of hydrogen-bond donors (Lipinski definition) is 3. The zero-order valence-electron chi connectivity index (χ0n) is 39.6. The van der Waals surface area contributed by atoms with Gasteiger partial charge in [-0.05, 0) is 93.9 Å². The van der Waals surface area contributed by atoms with Crippen LogP contribution in [0, 0.1) is 11.8 Å². The minimum Gasteiger partial charge on any atom is -0.462 e. The first-order valence-electron chi connectivity index (χ1n) is 22.7. The third kappa shape index (κ3) is 14.5. The Morgan fingerprint density at radius 3 is 2.21 bits per heavy atom. The number of aldehydes is 1. The van der Waals surface area contributed by atoms with Crippen LogP contribution in [0.5, 0.6) is 0 Å². The number of likely N-dealkylation sites (N-methyl/N-ethyl adjacent to an activating group) is 2. The molecule has 19 atom stereocenters. The van der Waals surface area contributed by atoms with Crippen molar-refractivity contribution < 1.29 is 72.3 Å². The first kappa shape index (κ1) is 53.2.